The summed E-state index contributed by atoms with van der Waals surface area (Å²) in [4.78, 5) is 23.7. The SMILES string of the molecule is Cc1ccc2c(n1)oc1c3cc(C)c(-c4cncc[n+]4C)cc3oc21.Cc1ccc2c(n1)oc1c3cc(C)c(-c4n(-c5c(C)cccc5C)cc[n+]4C)cc3oc21.Cc1ccc2c(n1)oc1c3ccc(C)c(-c4n(-c5c(C)cccc5C)cc[n+]4C)c3oc21.Cc1ccc2c(n1)sc1c3ccc(C)c(-c4n(-c5c(C)cccc5C)cc[n+]4C)c3sc21. The third kappa shape index (κ3) is 12.4. The predicted octanol–water partition coefficient (Wildman–Crippen LogP) is 23.9. The Morgan fingerprint density at radius 3 is 1.18 bits per heavy atom. The van der Waals surface area contributed by atoms with E-state index in [9.17, 15) is 0 Å². The number of hydrogen-bond acceptors (Lipinski definition) is 13. The highest BCUT2D eigenvalue weighted by atomic mass is 32.1. The third-order valence-corrected chi connectivity index (χ3v) is 26.3. The molecule has 0 aliphatic rings. The number of pyridine rings is 4. The van der Waals surface area contributed by atoms with Crippen LogP contribution in [0.3, 0.4) is 0 Å². The molecule has 0 saturated heterocycles. The molecule has 18 nitrogen and oxygen atoms in total. The van der Waals surface area contributed by atoms with Gasteiger partial charge in [-0.15, -0.1) is 22.7 Å². The lowest BCUT2D eigenvalue weighted by Crippen LogP contribution is -2.30. The zero-order chi connectivity index (χ0) is 83.6. The fourth-order valence-electron chi connectivity index (χ4n) is 17.8. The molecule has 16 heterocycles. The number of imidazole rings is 3. The standard InChI is InChI=1S/2C27H24N3O2.C27H24N3S2.C20H16N3O2/c1-15-9-11-19-23(31-25-20-12-10-18(4)28-26(20)32-24(19)25)21(15)27-29(5)13-14-30(27)22-16(2)7-6-8-17(22)3;1-15-7-6-8-16(2)23(15)30-12-11-29(5)27(30)20-14-22-21(13-17(20)3)25-24(31-22)19-10-9-18(4)28-26(19)32-25;1-15-9-11-19-23(31-25-20-12-10-18(4)28-26(20)32-24(19)25)21(15)27-29(5)13-14-30(27)22-16(2)7-6-8-17(22)3;1-11-8-15-17(9-14(11)16-10-21-6-7-23(16)3)24-18-13-5-4-12(2)22-20(13)25-19(15)18/h3*6-14H,1-5H3;4-10H,1-3H3/q4*+1. The Hall–Kier alpha value is -14.0. The van der Waals surface area contributed by atoms with Crippen molar-refractivity contribution in [3.63, 3.8) is 0 Å². The number of rotatable bonds is 7. The number of fused-ring (bicyclic) bond motifs is 20. The number of para-hydroxylation sites is 3. The molecule has 0 atom stereocenters. The summed E-state index contributed by atoms with van der Waals surface area (Å²) in [6, 6.07) is 53.0. The molecule has 0 bridgehead atoms. The van der Waals surface area contributed by atoms with Crippen molar-refractivity contribution in [1.82, 2.24) is 38.6 Å². The van der Waals surface area contributed by atoms with E-state index in [4.69, 9.17) is 31.5 Å². The Kier molecular flexibility index (Phi) is 18.1. The predicted molar refractivity (Wildman–Crippen MR) is 485 cm³/mol. The summed E-state index contributed by atoms with van der Waals surface area (Å²) in [7, 11) is 8.32. The maximum Gasteiger partial charge on any atom is 0.297 e. The molecule has 7 aromatic carbocycles. The maximum atomic E-state index is 6.53. The Labute approximate surface area is 704 Å². The number of hydrogen-bond donors (Lipinski definition) is 0. The van der Waals surface area contributed by atoms with Gasteiger partial charge in [-0.3, -0.25) is 4.98 Å². The summed E-state index contributed by atoms with van der Waals surface area (Å²) >= 11 is 3.73. The highest BCUT2D eigenvalue weighted by Crippen LogP contribution is 2.49. The Morgan fingerprint density at radius 2 is 0.686 bits per heavy atom. The van der Waals surface area contributed by atoms with Crippen LogP contribution in [0, 0.1) is 96.9 Å². The fourth-order valence-corrected chi connectivity index (χ4v) is 20.6. The van der Waals surface area contributed by atoms with Crippen LogP contribution in [0.25, 0.3) is 192 Å². The molecule has 20 heteroatoms. The van der Waals surface area contributed by atoms with Crippen molar-refractivity contribution in [2.24, 2.45) is 28.2 Å². The lowest BCUT2D eigenvalue weighted by Gasteiger charge is -2.11. The molecule has 23 aromatic rings. The van der Waals surface area contributed by atoms with Gasteiger partial charge in [-0.2, -0.15) is 18.3 Å². The highest BCUT2D eigenvalue weighted by molar-refractivity contribution is 7.36. The van der Waals surface area contributed by atoms with E-state index in [1.165, 1.54) is 92.3 Å². The van der Waals surface area contributed by atoms with Crippen LogP contribution in [0.1, 0.15) is 78.4 Å². The van der Waals surface area contributed by atoms with Crippen molar-refractivity contribution in [3.8, 4) is 62.5 Å². The van der Waals surface area contributed by atoms with Gasteiger partial charge in [0.15, 0.2) is 45.3 Å². The minimum absolute atomic E-state index is 0.618. The van der Waals surface area contributed by atoms with Crippen LogP contribution >= 0.6 is 22.7 Å². The number of furan rings is 6. The van der Waals surface area contributed by atoms with Crippen molar-refractivity contribution in [1.29, 1.82) is 0 Å². The van der Waals surface area contributed by atoms with E-state index in [2.05, 4.69) is 302 Å². The summed E-state index contributed by atoms with van der Waals surface area (Å²) in [5, 5.41) is 8.23. The zero-order valence-corrected chi connectivity index (χ0v) is 72.4. The van der Waals surface area contributed by atoms with Crippen LogP contribution in [0.15, 0.2) is 234 Å². The molecule has 0 N–H and O–H groups in total. The maximum absolute atomic E-state index is 6.53. The van der Waals surface area contributed by atoms with E-state index in [0.29, 0.717) is 17.1 Å². The second-order valence-electron chi connectivity index (χ2n) is 32.4. The first kappa shape index (κ1) is 75.8. The second kappa shape index (κ2) is 29.0. The van der Waals surface area contributed by atoms with Gasteiger partial charge < -0.3 is 26.5 Å². The highest BCUT2D eigenvalue weighted by Gasteiger charge is 2.33. The van der Waals surface area contributed by atoms with Crippen molar-refractivity contribution >= 4 is 152 Å². The Bertz CT molecular complexity index is 7930. The smallest absolute Gasteiger partial charge is 0.297 e. The molecule has 121 heavy (non-hydrogen) atoms. The van der Waals surface area contributed by atoms with Gasteiger partial charge in [-0.05, 0) is 231 Å². The number of nitrogens with zero attached hydrogens (tertiary/aromatic N) is 12. The zero-order valence-electron chi connectivity index (χ0n) is 70.8. The first-order valence-electron chi connectivity index (χ1n) is 40.5. The second-order valence-corrected chi connectivity index (χ2v) is 34.4. The molecular formula is C101H88N12O6S2+4. The van der Waals surface area contributed by atoms with Crippen LogP contribution in [-0.4, -0.2) is 38.6 Å². The monoisotopic (exact) mass is 1630 g/mol. The quantitative estimate of drug-likeness (QED) is 0.139. The molecule has 0 aliphatic heterocycles. The molecule has 0 saturated carbocycles. The van der Waals surface area contributed by atoms with Crippen molar-refractivity contribution in [2.75, 3.05) is 0 Å². The largest absolute Gasteiger partial charge is 0.452 e. The Balaban J connectivity index is 0.000000103. The van der Waals surface area contributed by atoms with Gasteiger partial charge in [-0.25, -0.2) is 33.6 Å². The lowest BCUT2D eigenvalue weighted by atomic mass is 10.0. The number of thiophene rings is 2. The van der Waals surface area contributed by atoms with Crippen LogP contribution in [-0.2, 0) is 28.2 Å². The van der Waals surface area contributed by atoms with Gasteiger partial charge in [0.25, 0.3) is 17.5 Å². The topological polar surface area (TPSA) is 174 Å². The van der Waals surface area contributed by atoms with Gasteiger partial charge >= 0.3 is 0 Å². The van der Waals surface area contributed by atoms with Crippen molar-refractivity contribution < 1.29 is 44.8 Å². The van der Waals surface area contributed by atoms with Gasteiger partial charge in [0, 0.05) is 33.5 Å². The first-order valence-corrected chi connectivity index (χ1v) is 42.2. The third-order valence-electron chi connectivity index (χ3n) is 23.8. The molecule has 0 spiro atoms. The summed E-state index contributed by atoms with van der Waals surface area (Å²) < 4.78 is 56.8. The van der Waals surface area contributed by atoms with Gasteiger partial charge in [0.1, 0.15) is 82.9 Å². The average Bonchev–Trinajstić information content (AvgIpc) is 1.12. The summed E-state index contributed by atoms with van der Waals surface area (Å²) in [5.41, 5.74) is 34.3. The van der Waals surface area contributed by atoms with E-state index in [1.807, 2.05) is 99.3 Å². The molecule has 0 unspecified atom stereocenters. The molecule has 596 valence electrons. The van der Waals surface area contributed by atoms with E-state index >= 15 is 0 Å². The normalized spacial score (nSPS) is 11.9. The average molecular weight is 1630 g/mol. The van der Waals surface area contributed by atoms with E-state index < -0.39 is 0 Å². The van der Waals surface area contributed by atoms with E-state index in [0.717, 1.165) is 161 Å². The summed E-state index contributed by atoms with van der Waals surface area (Å²) in [5.74, 6) is 3.40. The van der Waals surface area contributed by atoms with Crippen molar-refractivity contribution in [2.45, 2.75) is 96.9 Å². The Morgan fingerprint density at radius 1 is 0.298 bits per heavy atom. The van der Waals surface area contributed by atoms with Crippen LogP contribution < -0.4 is 18.3 Å². The molecule has 0 amide bonds. The molecule has 0 aliphatic carbocycles. The number of aromatic nitrogens is 12. The van der Waals surface area contributed by atoms with Gasteiger partial charge in [-0.1, -0.05) is 72.8 Å². The first-order chi connectivity index (χ1) is 58.4. The minimum atomic E-state index is 0.618. The van der Waals surface area contributed by atoms with Crippen LogP contribution in [0.2, 0.25) is 0 Å². The molecule has 0 fully saturated rings. The van der Waals surface area contributed by atoms with Gasteiger partial charge in [0.2, 0.25) is 22.8 Å². The summed E-state index contributed by atoms with van der Waals surface area (Å²) in [6.07, 6.45) is 18.4. The fraction of sp³-hybridized carbons (Fsp3) is 0.178. The van der Waals surface area contributed by atoms with Crippen LogP contribution in [0.4, 0.5) is 0 Å². The molecule has 23 rings (SSSR count). The van der Waals surface area contributed by atoms with E-state index in [-0.39, 0.29) is 0 Å². The number of benzene rings is 7. The van der Waals surface area contributed by atoms with E-state index in [1.54, 1.807) is 6.20 Å². The summed E-state index contributed by atoms with van der Waals surface area (Å²) in [6.45, 7) is 29.5. The molecule has 16 aromatic heterocycles. The van der Waals surface area contributed by atoms with Gasteiger partial charge in [0.05, 0.1) is 96.6 Å². The molecule has 0 radical (unpaired) electrons. The van der Waals surface area contributed by atoms with Crippen molar-refractivity contribution in [3.05, 3.63) is 286 Å². The lowest BCUT2D eigenvalue weighted by molar-refractivity contribution is -0.661. The number of aryl methyl sites for hydroxylation is 18. The minimum Gasteiger partial charge on any atom is -0.452 e. The molecular weight excluding hydrogens is 1540 g/mol. The van der Waals surface area contributed by atoms with Crippen LogP contribution in [0.5, 0.6) is 0 Å².